The number of aliphatic imine (C=N–C) groups is 1. The molecule has 0 amide bonds. The van der Waals surface area contributed by atoms with E-state index in [2.05, 4.69) is 15.6 Å². The topological polar surface area (TPSA) is 70.6 Å². The minimum Gasteiger partial charge on any atom is -0.357 e. The smallest absolute Gasteiger partial charge is 0.357 e. The Bertz CT molecular complexity index is 440. The highest BCUT2D eigenvalue weighted by atomic mass is 32.2. The quantitative estimate of drug-likeness (QED) is 0.574. The summed E-state index contributed by atoms with van der Waals surface area (Å²) in [7, 11) is -3.28. The summed E-state index contributed by atoms with van der Waals surface area (Å²) in [6.45, 7) is 6.75. The Balaban J connectivity index is 4.44. The van der Waals surface area contributed by atoms with Crippen molar-refractivity contribution in [2.45, 2.75) is 45.0 Å². The zero-order valence-corrected chi connectivity index (χ0v) is 13.7. The van der Waals surface area contributed by atoms with Crippen molar-refractivity contribution in [1.29, 1.82) is 0 Å². The highest BCUT2D eigenvalue weighted by Gasteiger charge is 2.28. The second-order valence-corrected chi connectivity index (χ2v) is 8.35. The predicted octanol–water partition coefficient (Wildman–Crippen LogP) is 1.71. The first-order valence-corrected chi connectivity index (χ1v) is 8.35. The van der Waals surface area contributed by atoms with Crippen LogP contribution in [-0.4, -0.2) is 50.7 Å². The molecule has 0 aliphatic heterocycles. The van der Waals surface area contributed by atoms with Crippen LogP contribution in [0.1, 0.15) is 34.1 Å². The lowest BCUT2D eigenvalue weighted by Crippen LogP contribution is -2.42. The van der Waals surface area contributed by atoms with Crippen molar-refractivity contribution >= 4 is 15.8 Å². The van der Waals surface area contributed by atoms with Gasteiger partial charge in [-0.05, 0) is 27.7 Å². The lowest BCUT2D eigenvalue weighted by molar-refractivity contribution is -0.132. The zero-order chi connectivity index (χ0) is 16.7. The van der Waals surface area contributed by atoms with Crippen LogP contribution in [0.3, 0.4) is 0 Å². The van der Waals surface area contributed by atoms with Crippen LogP contribution in [0.5, 0.6) is 0 Å². The molecule has 2 N–H and O–H groups in total. The number of rotatable bonds is 6. The van der Waals surface area contributed by atoms with Gasteiger partial charge < -0.3 is 10.6 Å². The van der Waals surface area contributed by atoms with E-state index < -0.39 is 33.7 Å². The molecular weight excluding hydrogens is 307 g/mol. The van der Waals surface area contributed by atoms with Gasteiger partial charge in [-0.25, -0.2) is 8.42 Å². The molecule has 0 aromatic heterocycles. The van der Waals surface area contributed by atoms with Crippen molar-refractivity contribution in [3.63, 3.8) is 0 Å². The molecule has 0 unspecified atom stereocenters. The van der Waals surface area contributed by atoms with Crippen LogP contribution in [0.15, 0.2) is 4.99 Å². The molecule has 0 aliphatic rings. The Labute approximate surface area is 124 Å². The van der Waals surface area contributed by atoms with E-state index in [0.29, 0.717) is 6.54 Å². The summed E-state index contributed by atoms with van der Waals surface area (Å²) in [6, 6.07) is 0. The number of halogens is 3. The Morgan fingerprint density at radius 3 is 2.14 bits per heavy atom. The fourth-order valence-corrected chi connectivity index (χ4v) is 2.23. The Morgan fingerprint density at radius 2 is 1.71 bits per heavy atom. The van der Waals surface area contributed by atoms with E-state index in [4.69, 9.17) is 0 Å². The highest BCUT2D eigenvalue weighted by Crippen LogP contribution is 2.18. The van der Waals surface area contributed by atoms with E-state index in [0.717, 1.165) is 0 Å². The molecule has 0 aliphatic carbocycles. The lowest BCUT2D eigenvalue weighted by Gasteiger charge is -2.19. The first-order valence-electron chi connectivity index (χ1n) is 6.70. The maximum Gasteiger partial charge on any atom is 0.390 e. The average molecular weight is 331 g/mol. The number of guanidine groups is 1. The Morgan fingerprint density at radius 1 is 1.14 bits per heavy atom. The minimum absolute atomic E-state index is 0.0947. The summed E-state index contributed by atoms with van der Waals surface area (Å²) < 4.78 is 59.0. The van der Waals surface area contributed by atoms with Crippen molar-refractivity contribution in [3.8, 4) is 0 Å². The molecule has 0 heterocycles. The van der Waals surface area contributed by atoms with Gasteiger partial charge in [0.05, 0.1) is 23.5 Å². The van der Waals surface area contributed by atoms with Crippen LogP contribution in [0.2, 0.25) is 0 Å². The first-order chi connectivity index (χ1) is 9.39. The fourth-order valence-electron chi connectivity index (χ4n) is 1.25. The first kappa shape index (κ1) is 20.0. The van der Waals surface area contributed by atoms with Gasteiger partial charge in [-0.3, -0.25) is 4.99 Å². The van der Waals surface area contributed by atoms with Crippen molar-refractivity contribution in [2.24, 2.45) is 4.99 Å². The van der Waals surface area contributed by atoms with Crippen LogP contribution in [0.4, 0.5) is 13.2 Å². The standard InChI is InChI=1S/C12H24F3N3O2S/c1-5-16-10(17-7-6-12(13,14)15)18-8-9-21(19,20)11(2,3)4/h5-9H2,1-4H3,(H2,16,17,18). The summed E-state index contributed by atoms with van der Waals surface area (Å²) in [6.07, 6.45) is -5.26. The summed E-state index contributed by atoms with van der Waals surface area (Å²) in [5.41, 5.74) is 0. The average Bonchev–Trinajstić information content (AvgIpc) is 2.25. The van der Waals surface area contributed by atoms with Gasteiger partial charge in [0, 0.05) is 13.1 Å². The number of hydrogen-bond donors (Lipinski definition) is 2. The van der Waals surface area contributed by atoms with Gasteiger partial charge >= 0.3 is 6.18 Å². The molecule has 0 atom stereocenters. The van der Waals surface area contributed by atoms with E-state index >= 15 is 0 Å². The number of nitrogens with one attached hydrogen (secondary N) is 2. The van der Waals surface area contributed by atoms with Gasteiger partial charge in [0.15, 0.2) is 15.8 Å². The van der Waals surface area contributed by atoms with Crippen LogP contribution < -0.4 is 10.6 Å². The van der Waals surface area contributed by atoms with E-state index in [-0.39, 0.29) is 18.3 Å². The second-order valence-electron chi connectivity index (χ2n) is 5.48. The molecule has 0 saturated carbocycles. The minimum atomic E-state index is -4.25. The molecule has 0 aromatic rings. The highest BCUT2D eigenvalue weighted by molar-refractivity contribution is 7.92. The third-order valence-electron chi connectivity index (χ3n) is 2.61. The zero-order valence-electron chi connectivity index (χ0n) is 12.8. The number of hydrogen-bond acceptors (Lipinski definition) is 3. The molecule has 21 heavy (non-hydrogen) atoms. The van der Waals surface area contributed by atoms with Gasteiger partial charge in [0.2, 0.25) is 0 Å². The Kier molecular flexibility index (Phi) is 7.49. The summed E-state index contributed by atoms with van der Waals surface area (Å²) >= 11 is 0. The van der Waals surface area contributed by atoms with Gasteiger partial charge in [0.1, 0.15) is 0 Å². The molecule has 0 radical (unpaired) electrons. The fraction of sp³-hybridized carbons (Fsp3) is 0.917. The second kappa shape index (κ2) is 7.86. The summed E-state index contributed by atoms with van der Waals surface area (Å²) in [4.78, 5) is 3.76. The van der Waals surface area contributed by atoms with Crippen LogP contribution >= 0.6 is 0 Å². The molecule has 0 fully saturated rings. The molecule has 0 saturated heterocycles. The van der Waals surface area contributed by atoms with Gasteiger partial charge in [-0.1, -0.05) is 0 Å². The largest absolute Gasteiger partial charge is 0.390 e. The third-order valence-corrected chi connectivity index (χ3v) is 5.21. The van der Waals surface area contributed by atoms with Crippen LogP contribution in [0, 0.1) is 0 Å². The molecule has 5 nitrogen and oxygen atoms in total. The maximum atomic E-state index is 12.0. The molecule has 9 heteroatoms. The van der Waals surface area contributed by atoms with E-state index in [1.165, 1.54) is 0 Å². The molecule has 0 aromatic carbocycles. The number of nitrogens with zero attached hydrogens (tertiary/aromatic N) is 1. The lowest BCUT2D eigenvalue weighted by atomic mass is 10.3. The van der Waals surface area contributed by atoms with Crippen molar-refractivity contribution in [1.82, 2.24) is 10.6 Å². The summed E-state index contributed by atoms with van der Waals surface area (Å²) in [5, 5.41) is 5.50. The van der Waals surface area contributed by atoms with Gasteiger partial charge in [0.25, 0.3) is 0 Å². The van der Waals surface area contributed by atoms with Crippen LogP contribution in [0.25, 0.3) is 0 Å². The summed E-state index contributed by atoms with van der Waals surface area (Å²) in [5.74, 6) is 0.0751. The molecule has 0 spiro atoms. The normalized spacial score (nSPS) is 14.1. The Hall–Kier alpha value is -0.990. The molecular formula is C12H24F3N3O2S. The molecule has 126 valence electrons. The van der Waals surface area contributed by atoms with Crippen molar-refractivity contribution < 1.29 is 21.6 Å². The number of alkyl halides is 3. The predicted molar refractivity (Wildman–Crippen MR) is 78.2 cm³/mol. The SMILES string of the molecule is CCNC(=NCCC(F)(F)F)NCCS(=O)(=O)C(C)(C)C. The monoisotopic (exact) mass is 331 g/mol. The van der Waals surface area contributed by atoms with E-state index in [1.54, 1.807) is 27.7 Å². The third kappa shape index (κ3) is 8.79. The van der Waals surface area contributed by atoms with E-state index in [1.807, 2.05) is 0 Å². The number of sulfone groups is 1. The van der Waals surface area contributed by atoms with E-state index in [9.17, 15) is 21.6 Å². The van der Waals surface area contributed by atoms with Crippen LogP contribution in [-0.2, 0) is 9.84 Å². The van der Waals surface area contributed by atoms with Crippen molar-refractivity contribution in [2.75, 3.05) is 25.4 Å². The molecule has 0 bridgehead atoms. The maximum absolute atomic E-state index is 12.0. The molecule has 0 rings (SSSR count). The van der Waals surface area contributed by atoms with Gasteiger partial charge in [-0.2, -0.15) is 13.2 Å². The van der Waals surface area contributed by atoms with Gasteiger partial charge in [-0.15, -0.1) is 0 Å². The van der Waals surface area contributed by atoms with Crippen molar-refractivity contribution in [3.05, 3.63) is 0 Å².